The van der Waals surface area contributed by atoms with E-state index in [9.17, 15) is 14.0 Å². The molecular weight excluding hydrogens is 399 g/mol. The van der Waals surface area contributed by atoms with Crippen LogP contribution in [0.25, 0.3) is 11.2 Å². The molecule has 1 saturated heterocycles. The summed E-state index contributed by atoms with van der Waals surface area (Å²) < 4.78 is 17.9. The molecule has 3 heterocycles. The summed E-state index contributed by atoms with van der Waals surface area (Å²) in [6, 6.07) is 5.89. The summed E-state index contributed by atoms with van der Waals surface area (Å²) in [7, 11) is 1.58. The van der Waals surface area contributed by atoms with E-state index in [2.05, 4.69) is 16.8 Å². The van der Waals surface area contributed by atoms with Crippen LogP contribution in [0.3, 0.4) is 0 Å². The van der Waals surface area contributed by atoms with Gasteiger partial charge in [0.05, 0.1) is 13.1 Å². The maximum absolute atomic E-state index is 13.6. The highest BCUT2D eigenvalue weighted by Crippen LogP contribution is 2.22. The van der Waals surface area contributed by atoms with Crippen molar-refractivity contribution in [2.75, 3.05) is 18.0 Å². The van der Waals surface area contributed by atoms with E-state index in [4.69, 9.17) is 5.73 Å². The number of hydrogen-bond donors (Lipinski definition) is 1. The number of anilines is 1. The standard InChI is InChI=1S/C22H25FN6O2/c1-3-4-11-28-18-19(25-21(28)27-10-6-9-17(24)14-27)26(2)22(31)29(20(18)30)13-15-7-5-8-16(23)12-15/h5,7-8,12,17H,6,9-11,13-14,24H2,1-2H3/t17-/m1/s1. The number of aromatic nitrogens is 4. The van der Waals surface area contributed by atoms with Crippen LogP contribution >= 0.6 is 0 Å². The van der Waals surface area contributed by atoms with E-state index >= 15 is 0 Å². The molecule has 0 radical (unpaired) electrons. The zero-order valence-corrected chi connectivity index (χ0v) is 17.6. The van der Waals surface area contributed by atoms with Crippen molar-refractivity contribution >= 4 is 17.1 Å². The SMILES string of the molecule is CC#CCn1c(N2CCC[C@@H](N)C2)nc2c1c(=O)n(Cc1cccc(F)c1)c(=O)n2C. The third-order valence-corrected chi connectivity index (χ3v) is 5.60. The van der Waals surface area contributed by atoms with Gasteiger partial charge in [0.15, 0.2) is 11.2 Å². The number of fused-ring (bicyclic) bond motifs is 1. The van der Waals surface area contributed by atoms with Crippen LogP contribution in [0.2, 0.25) is 0 Å². The maximum atomic E-state index is 13.6. The molecule has 0 unspecified atom stereocenters. The summed E-state index contributed by atoms with van der Waals surface area (Å²) in [5.74, 6) is 6.02. The van der Waals surface area contributed by atoms with Crippen molar-refractivity contribution in [1.82, 2.24) is 18.7 Å². The summed E-state index contributed by atoms with van der Waals surface area (Å²) in [5.41, 5.74) is 6.31. The van der Waals surface area contributed by atoms with Gasteiger partial charge in [-0.15, -0.1) is 5.92 Å². The van der Waals surface area contributed by atoms with Crippen LogP contribution in [0.4, 0.5) is 10.3 Å². The Balaban J connectivity index is 1.93. The van der Waals surface area contributed by atoms with Crippen molar-refractivity contribution in [3.63, 3.8) is 0 Å². The smallest absolute Gasteiger partial charge is 0.332 e. The number of rotatable bonds is 4. The molecule has 2 aromatic heterocycles. The highest BCUT2D eigenvalue weighted by atomic mass is 19.1. The van der Waals surface area contributed by atoms with Crippen molar-refractivity contribution in [1.29, 1.82) is 0 Å². The van der Waals surface area contributed by atoms with Crippen LogP contribution in [-0.2, 0) is 20.1 Å². The normalized spacial score (nSPS) is 16.4. The predicted molar refractivity (Wildman–Crippen MR) is 118 cm³/mol. The molecule has 3 aromatic rings. The monoisotopic (exact) mass is 424 g/mol. The van der Waals surface area contributed by atoms with Crippen molar-refractivity contribution in [3.8, 4) is 11.8 Å². The average Bonchev–Trinajstić information content (AvgIpc) is 3.13. The Hall–Kier alpha value is -3.38. The molecule has 9 heteroatoms. The second-order valence-corrected chi connectivity index (χ2v) is 7.81. The lowest BCUT2D eigenvalue weighted by molar-refractivity contribution is 0.496. The minimum absolute atomic E-state index is 0.0210. The van der Waals surface area contributed by atoms with Gasteiger partial charge < -0.3 is 10.6 Å². The summed E-state index contributed by atoms with van der Waals surface area (Å²) in [6.07, 6.45) is 1.86. The van der Waals surface area contributed by atoms with E-state index in [-0.39, 0.29) is 19.1 Å². The Morgan fingerprint density at radius 2 is 2.10 bits per heavy atom. The number of nitrogens with zero attached hydrogens (tertiary/aromatic N) is 5. The van der Waals surface area contributed by atoms with Crippen LogP contribution in [0.15, 0.2) is 33.9 Å². The minimum atomic E-state index is -0.505. The number of halogens is 1. The molecule has 2 N–H and O–H groups in total. The van der Waals surface area contributed by atoms with Crippen molar-refractivity contribution in [2.24, 2.45) is 12.8 Å². The summed E-state index contributed by atoms with van der Waals surface area (Å²) >= 11 is 0. The zero-order chi connectivity index (χ0) is 22.1. The Bertz CT molecular complexity index is 1310. The van der Waals surface area contributed by atoms with Crippen molar-refractivity contribution in [2.45, 2.75) is 38.9 Å². The minimum Gasteiger partial charge on any atom is -0.341 e. The van der Waals surface area contributed by atoms with Crippen LogP contribution in [0.1, 0.15) is 25.3 Å². The van der Waals surface area contributed by atoms with Crippen LogP contribution in [-0.4, -0.2) is 37.8 Å². The van der Waals surface area contributed by atoms with Gasteiger partial charge >= 0.3 is 5.69 Å². The van der Waals surface area contributed by atoms with Gasteiger partial charge in [0.25, 0.3) is 5.56 Å². The molecule has 0 spiro atoms. The van der Waals surface area contributed by atoms with E-state index in [1.54, 1.807) is 30.7 Å². The first-order valence-corrected chi connectivity index (χ1v) is 10.3. The van der Waals surface area contributed by atoms with E-state index in [0.717, 1.165) is 24.0 Å². The highest BCUT2D eigenvalue weighted by Gasteiger charge is 2.26. The quantitative estimate of drug-likeness (QED) is 0.632. The molecule has 1 aromatic carbocycles. The number of piperidine rings is 1. The lowest BCUT2D eigenvalue weighted by Gasteiger charge is -2.31. The van der Waals surface area contributed by atoms with E-state index in [1.165, 1.54) is 16.7 Å². The Morgan fingerprint density at radius 1 is 1.29 bits per heavy atom. The average molecular weight is 424 g/mol. The number of nitrogens with two attached hydrogens (primary N) is 1. The molecule has 162 valence electrons. The molecule has 4 rings (SSSR count). The van der Waals surface area contributed by atoms with Crippen LogP contribution < -0.4 is 21.9 Å². The van der Waals surface area contributed by atoms with Gasteiger partial charge in [0.1, 0.15) is 5.82 Å². The Labute approximate surface area is 178 Å². The lowest BCUT2D eigenvalue weighted by atomic mass is 10.1. The van der Waals surface area contributed by atoms with Crippen molar-refractivity contribution in [3.05, 3.63) is 56.5 Å². The van der Waals surface area contributed by atoms with Gasteiger partial charge in [-0.1, -0.05) is 18.1 Å². The van der Waals surface area contributed by atoms with E-state index in [1.807, 2.05) is 4.90 Å². The molecule has 1 atom stereocenters. The molecule has 0 amide bonds. The van der Waals surface area contributed by atoms with Gasteiger partial charge in [-0.05, 0) is 37.5 Å². The van der Waals surface area contributed by atoms with Gasteiger partial charge in [-0.2, -0.15) is 4.98 Å². The fourth-order valence-corrected chi connectivity index (χ4v) is 4.06. The zero-order valence-electron chi connectivity index (χ0n) is 17.6. The van der Waals surface area contributed by atoms with E-state index in [0.29, 0.717) is 29.2 Å². The first kappa shape index (κ1) is 20.9. The molecule has 1 fully saturated rings. The Kier molecular flexibility index (Phi) is 5.65. The number of benzene rings is 1. The molecule has 1 aliphatic heterocycles. The second-order valence-electron chi connectivity index (χ2n) is 7.81. The molecule has 1 aliphatic rings. The Morgan fingerprint density at radius 3 is 2.81 bits per heavy atom. The van der Waals surface area contributed by atoms with Gasteiger partial charge in [-0.25, -0.2) is 9.18 Å². The van der Waals surface area contributed by atoms with Gasteiger partial charge in [-0.3, -0.25) is 18.5 Å². The summed E-state index contributed by atoms with van der Waals surface area (Å²) in [6.45, 7) is 3.35. The first-order chi connectivity index (χ1) is 14.9. The third-order valence-electron chi connectivity index (χ3n) is 5.60. The fraction of sp³-hybridized carbons (Fsp3) is 0.409. The predicted octanol–water partition coefficient (Wildman–Crippen LogP) is 1.03. The molecule has 0 bridgehead atoms. The summed E-state index contributed by atoms with van der Waals surface area (Å²) in [5, 5.41) is 0. The molecular formula is C22H25FN6O2. The first-order valence-electron chi connectivity index (χ1n) is 10.3. The lowest BCUT2D eigenvalue weighted by Crippen LogP contribution is -2.44. The van der Waals surface area contributed by atoms with Gasteiger partial charge in [0, 0.05) is 26.2 Å². The van der Waals surface area contributed by atoms with E-state index < -0.39 is 17.1 Å². The third kappa shape index (κ3) is 3.86. The topological polar surface area (TPSA) is 91.1 Å². The van der Waals surface area contributed by atoms with Crippen molar-refractivity contribution < 1.29 is 4.39 Å². The number of imidazole rings is 1. The molecule has 0 saturated carbocycles. The van der Waals surface area contributed by atoms with Crippen LogP contribution in [0.5, 0.6) is 0 Å². The largest absolute Gasteiger partial charge is 0.341 e. The molecule has 0 aliphatic carbocycles. The molecule has 8 nitrogen and oxygen atoms in total. The second kappa shape index (κ2) is 8.40. The fourth-order valence-electron chi connectivity index (χ4n) is 4.06. The molecule has 31 heavy (non-hydrogen) atoms. The summed E-state index contributed by atoms with van der Waals surface area (Å²) in [4.78, 5) is 33.1. The number of hydrogen-bond acceptors (Lipinski definition) is 5. The highest BCUT2D eigenvalue weighted by molar-refractivity contribution is 5.75. The van der Waals surface area contributed by atoms with Gasteiger partial charge in [0.2, 0.25) is 5.95 Å². The van der Waals surface area contributed by atoms with Crippen LogP contribution in [0, 0.1) is 17.7 Å². The number of aryl methyl sites for hydroxylation is 1. The maximum Gasteiger partial charge on any atom is 0.332 e.